The molecule has 1 saturated heterocycles. The van der Waals surface area contributed by atoms with Crippen molar-refractivity contribution < 1.29 is 9.47 Å². The Morgan fingerprint density at radius 3 is 2.81 bits per heavy atom. The summed E-state index contributed by atoms with van der Waals surface area (Å²) in [5, 5.41) is 0. The predicted molar refractivity (Wildman–Crippen MR) is 89.1 cm³/mol. The van der Waals surface area contributed by atoms with E-state index in [4.69, 9.17) is 21.1 Å². The molecule has 0 bridgehead atoms. The van der Waals surface area contributed by atoms with Crippen molar-refractivity contribution in [3.05, 3.63) is 28.2 Å². The zero-order chi connectivity index (χ0) is 14.7. The third kappa shape index (κ3) is 3.57. The second kappa shape index (κ2) is 6.89. The molecule has 1 unspecified atom stereocenters. The Balaban J connectivity index is 1.59. The number of para-hydroxylation sites is 1. The Hall–Kier alpha value is -0.250. The van der Waals surface area contributed by atoms with E-state index in [0.717, 1.165) is 22.2 Å². The molecule has 116 valence electrons. The first kappa shape index (κ1) is 15.6. The number of alkyl halides is 1. The lowest BCUT2D eigenvalue weighted by Gasteiger charge is -2.33. The fraction of sp³-hybridized carbons (Fsp3) is 0.647. The SMILES string of the molecule is ClCc1cccc(Br)c1OCC1CCC2(CCCCC2)O1. The zero-order valence-electron chi connectivity index (χ0n) is 12.2. The highest BCUT2D eigenvalue weighted by molar-refractivity contribution is 9.10. The summed E-state index contributed by atoms with van der Waals surface area (Å²) in [5.74, 6) is 1.32. The maximum absolute atomic E-state index is 6.35. The van der Waals surface area contributed by atoms with Gasteiger partial charge in [-0.3, -0.25) is 0 Å². The van der Waals surface area contributed by atoms with E-state index < -0.39 is 0 Å². The molecule has 1 spiro atoms. The predicted octanol–water partition coefficient (Wildman–Crippen LogP) is 5.45. The second-order valence-corrected chi connectivity index (χ2v) is 7.32. The summed E-state index contributed by atoms with van der Waals surface area (Å²) < 4.78 is 13.3. The first-order chi connectivity index (χ1) is 10.2. The van der Waals surface area contributed by atoms with Gasteiger partial charge in [-0.2, -0.15) is 0 Å². The molecule has 1 heterocycles. The summed E-state index contributed by atoms with van der Waals surface area (Å²) in [6, 6.07) is 5.98. The molecular weight excluding hydrogens is 352 g/mol. The summed E-state index contributed by atoms with van der Waals surface area (Å²) in [5.41, 5.74) is 1.19. The molecule has 0 N–H and O–H groups in total. The fourth-order valence-electron chi connectivity index (χ4n) is 3.57. The van der Waals surface area contributed by atoms with Gasteiger partial charge in [-0.25, -0.2) is 0 Å². The van der Waals surface area contributed by atoms with Crippen molar-refractivity contribution >= 4 is 27.5 Å². The molecule has 1 aromatic rings. The van der Waals surface area contributed by atoms with Crippen molar-refractivity contribution in [1.29, 1.82) is 0 Å². The summed E-state index contributed by atoms with van der Waals surface area (Å²) in [7, 11) is 0. The molecule has 1 aliphatic carbocycles. The van der Waals surface area contributed by atoms with Crippen LogP contribution in [0.2, 0.25) is 0 Å². The van der Waals surface area contributed by atoms with Crippen molar-refractivity contribution in [2.75, 3.05) is 6.61 Å². The van der Waals surface area contributed by atoms with Gasteiger partial charge in [-0.1, -0.05) is 31.4 Å². The van der Waals surface area contributed by atoms with Crippen LogP contribution in [0, 0.1) is 0 Å². The molecule has 2 fully saturated rings. The quantitative estimate of drug-likeness (QED) is 0.653. The molecule has 2 nitrogen and oxygen atoms in total. The van der Waals surface area contributed by atoms with Gasteiger partial charge in [-0.05, 0) is 47.7 Å². The Kier molecular flexibility index (Phi) is 5.13. The molecule has 1 aromatic carbocycles. The molecule has 0 aromatic heterocycles. The second-order valence-electron chi connectivity index (χ2n) is 6.19. The van der Waals surface area contributed by atoms with Gasteiger partial charge in [0, 0.05) is 5.56 Å². The lowest BCUT2D eigenvalue weighted by atomic mass is 9.83. The van der Waals surface area contributed by atoms with Gasteiger partial charge in [0.05, 0.1) is 22.1 Å². The fourth-order valence-corrected chi connectivity index (χ4v) is 4.31. The summed E-state index contributed by atoms with van der Waals surface area (Å²) >= 11 is 9.53. The average molecular weight is 374 g/mol. The van der Waals surface area contributed by atoms with E-state index >= 15 is 0 Å². The Morgan fingerprint density at radius 1 is 1.24 bits per heavy atom. The molecule has 21 heavy (non-hydrogen) atoms. The molecule has 1 atom stereocenters. The highest BCUT2D eigenvalue weighted by Gasteiger charge is 2.40. The standard InChI is InChI=1S/C17H22BrClO2/c18-15-6-4-5-13(11-19)16(15)20-12-14-7-10-17(21-14)8-2-1-3-9-17/h4-6,14H,1-3,7-12H2. The van der Waals surface area contributed by atoms with Gasteiger partial charge in [0.15, 0.2) is 0 Å². The van der Waals surface area contributed by atoms with E-state index in [1.165, 1.54) is 38.5 Å². The van der Waals surface area contributed by atoms with Gasteiger partial charge in [0.2, 0.25) is 0 Å². The first-order valence-electron chi connectivity index (χ1n) is 7.86. The van der Waals surface area contributed by atoms with Crippen molar-refractivity contribution in [3.63, 3.8) is 0 Å². The minimum atomic E-state index is 0.162. The van der Waals surface area contributed by atoms with Crippen molar-refractivity contribution in [1.82, 2.24) is 0 Å². The molecule has 2 aliphatic rings. The summed E-state index contributed by atoms with van der Waals surface area (Å²) in [6.45, 7) is 0.619. The lowest BCUT2D eigenvalue weighted by molar-refractivity contribution is -0.0749. The molecule has 0 amide bonds. The number of ether oxygens (including phenoxy) is 2. The maximum atomic E-state index is 6.35. The minimum Gasteiger partial charge on any atom is -0.489 e. The minimum absolute atomic E-state index is 0.162. The van der Waals surface area contributed by atoms with Crippen LogP contribution in [-0.2, 0) is 10.6 Å². The number of halogens is 2. The Labute approximate surface area is 140 Å². The van der Waals surface area contributed by atoms with Gasteiger partial charge >= 0.3 is 0 Å². The number of benzene rings is 1. The monoisotopic (exact) mass is 372 g/mol. The number of hydrogen-bond donors (Lipinski definition) is 0. The van der Waals surface area contributed by atoms with E-state index in [-0.39, 0.29) is 11.7 Å². The van der Waals surface area contributed by atoms with Crippen LogP contribution >= 0.6 is 27.5 Å². The third-order valence-corrected chi connectivity index (χ3v) is 5.62. The van der Waals surface area contributed by atoms with Crippen LogP contribution in [0.3, 0.4) is 0 Å². The van der Waals surface area contributed by atoms with E-state index in [1.807, 2.05) is 18.2 Å². The van der Waals surface area contributed by atoms with Crippen LogP contribution < -0.4 is 4.74 Å². The van der Waals surface area contributed by atoms with Crippen LogP contribution in [-0.4, -0.2) is 18.3 Å². The van der Waals surface area contributed by atoms with Gasteiger partial charge in [0.1, 0.15) is 12.4 Å². The van der Waals surface area contributed by atoms with Gasteiger partial charge < -0.3 is 9.47 Å². The zero-order valence-corrected chi connectivity index (χ0v) is 14.6. The maximum Gasteiger partial charge on any atom is 0.138 e. The van der Waals surface area contributed by atoms with Crippen LogP contribution in [0.1, 0.15) is 50.5 Å². The van der Waals surface area contributed by atoms with Crippen LogP contribution in [0.25, 0.3) is 0 Å². The Bertz CT molecular complexity index is 486. The Morgan fingerprint density at radius 2 is 2.05 bits per heavy atom. The topological polar surface area (TPSA) is 18.5 Å². The number of hydrogen-bond acceptors (Lipinski definition) is 2. The number of rotatable bonds is 4. The summed E-state index contributed by atoms with van der Waals surface area (Å²) in [6.07, 6.45) is 8.97. The van der Waals surface area contributed by atoms with E-state index in [2.05, 4.69) is 15.9 Å². The van der Waals surface area contributed by atoms with Gasteiger partial charge in [-0.15, -0.1) is 11.6 Å². The van der Waals surface area contributed by atoms with Gasteiger partial charge in [0.25, 0.3) is 0 Å². The van der Waals surface area contributed by atoms with Crippen LogP contribution in [0.4, 0.5) is 0 Å². The van der Waals surface area contributed by atoms with Crippen molar-refractivity contribution in [2.45, 2.75) is 62.5 Å². The summed E-state index contributed by atoms with van der Waals surface area (Å²) in [4.78, 5) is 0. The molecule has 3 rings (SSSR count). The molecular formula is C17H22BrClO2. The van der Waals surface area contributed by atoms with Crippen LogP contribution in [0.5, 0.6) is 5.75 Å². The van der Waals surface area contributed by atoms with E-state index in [0.29, 0.717) is 12.5 Å². The average Bonchev–Trinajstić information content (AvgIpc) is 2.89. The highest BCUT2D eigenvalue weighted by atomic mass is 79.9. The smallest absolute Gasteiger partial charge is 0.138 e. The molecule has 4 heteroatoms. The lowest BCUT2D eigenvalue weighted by Crippen LogP contribution is -2.33. The molecule has 0 radical (unpaired) electrons. The largest absolute Gasteiger partial charge is 0.489 e. The van der Waals surface area contributed by atoms with E-state index in [9.17, 15) is 0 Å². The normalized spacial score (nSPS) is 24.4. The van der Waals surface area contributed by atoms with Crippen LogP contribution in [0.15, 0.2) is 22.7 Å². The third-order valence-electron chi connectivity index (χ3n) is 4.71. The van der Waals surface area contributed by atoms with E-state index in [1.54, 1.807) is 0 Å². The molecule has 1 saturated carbocycles. The van der Waals surface area contributed by atoms with Crippen molar-refractivity contribution in [2.24, 2.45) is 0 Å². The highest BCUT2D eigenvalue weighted by Crippen LogP contribution is 2.42. The first-order valence-corrected chi connectivity index (χ1v) is 9.19. The van der Waals surface area contributed by atoms with Crippen molar-refractivity contribution in [3.8, 4) is 5.75 Å². The molecule has 1 aliphatic heterocycles.